The van der Waals surface area contributed by atoms with Crippen molar-refractivity contribution >= 4 is 62.8 Å². The highest BCUT2D eigenvalue weighted by atomic mass is 79.9. The number of halogens is 3. The molecule has 162 valence electrons. The van der Waals surface area contributed by atoms with Crippen LogP contribution in [0.2, 0.25) is 0 Å². The molecule has 1 aromatic rings. The number of allylic oxidation sites excluding steroid dienone is 2. The lowest BCUT2D eigenvalue weighted by molar-refractivity contribution is -0.138. The first-order valence-corrected chi connectivity index (χ1v) is 11.3. The molecule has 0 aromatic heterocycles. The Kier molecular flexibility index (Phi) is 4.44. The van der Waals surface area contributed by atoms with Crippen molar-refractivity contribution in [3.63, 3.8) is 0 Å². The number of nitrogens with one attached hydrogen (secondary N) is 1. The topological polar surface area (TPSA) is 104 Å². The summed E-state index contributed by atoms with van der Waals surface area (Å²) in [6, 6.07) is 4.73. The fourth-order valence-electron chi connectivity index (χ4n) is 5.76. The normalized spacial score (nSPS) is 39.1. The van der Waals surface area contributed by atoms with E-state index in [1.54, 1.807) is 12.1 Å². The monoisotopic (exact) mass is 526 g/mol. The van der Waals surface area contributed by atoms with Crippen LogP contribution in [0.5, 0.6) is 5.75 Å². The van der Waals surface area contributed by atoms with Crippen molar-refractivity contribution in [2.24, 2.45) is 17.8 Å². The zero-order valence-corrected chi connectivity index (χ0v) is 19.3. The van der Waals surface area contributed by atoms with Crippen LogP contribution in [-0.4, -0.2) is 50.4 Å². The molecule has 1 saturated carbocycles. The number of fused-ring (bicyclic) bond motifs is 4. The third-order valence-corrected chi connectivity index (χ3v) is 9.06. The Morgan fingerprint density at radius 1 is 1.13 bits per heavy atom. The molecule has 0 radical (unpaired) electrons. The van der Waals surface area contributed by atoms with E-state index in [2.05, 4.69) is 21.2 Å². The quantitative estimate of drug-likeness (QED) is 0.331. The van der Waals surface area contributed by atoms with E-state index in [0.717, 1.165) is 4.90 Å². The molecule has 0 bridgehead atoms. The van der Waals surface area contributed by atoms with Crippen LogP contribution in [0.1, 0.15) is 24.3 Å². The SMILES string of the molecule is CN1C(=O)[C@]2(Cl)C[C@@H]3C(=CC[C@@H]4C(=O)NC(=O)[C@@H]43)[C@H](c3cc(Br)ccc3O)[C@]2(Cl)C1=O. The highest BCUT2D eigenvalue weighted by Crippen LogP contribution is 2.65. The first-order valence-electron chi connectivity index (χ1n) is 9.76. The molecular formula is C21H17BrCl2N2O5. The number of phenolic OH excluding ortho intramolecular Hbond substituents is 1. The maximum Gasteiger partial charge on any atom is 0.253 e. The molecule has 7 nitrogen and oxygen atoms in total. The van der Waals surface area contributed by atoms with Gasteiger partial charge in [0.1, 0.15) is 5.75 Å². The molecule has 2 N–H and O–H groups in total. The molecule has 5 rings (SSSR count). The number of rotatable bonds is 1. The van der Waals surface area contributed by atoms with Crippen LogP contribution >= 0.6 is 39.1 Å². The minimum Gasteiger partial charge on any atom is -0.508 e. The number of aromatic hydroxyl groups is 1. The van der Waals surface area contributed by atoms with Gasteiger partial charge >= 0.3 is 0 Å². The minimum absolute atomic E-state index is 0.0636. The van der Waals surface area contributed by atoms with Crippen molar-refractivity contribution < 1.29 is 24.3 Å². The summed E-state index contributed by atoms with van der Waals surface area (Å²) >= 11 is 17.3. The molecule has 1 aromatic carbocycles. The Bertz CT molecular complexity index is 1120. The van der Waals surface area contributed by atoms with Gasteiger partial charge in [-0.25, -0.2) is 0 Å². The van der Waals surface area contributed by atoms with Crippen LogP contribution in [0.3, 0.4) is 0 Å². The number of carbonyl (C=O) groups is 4. The van der Waals surface area contributed by atoms with Crippen LogP contribution in [0.25, 0.3) is 0 Å². The molecule has 2 heterocycles. The summed E-state index contributed by atoms with van der Waals surface area (Å²) in [5.74, 6) is -5.03. The van der Waals surface area contributed by atoms with E-state index < -0.39 is 51.1 Å². The highest BCUT2D eigenvalue weighted by molar-refractivity contribution is 9.10. The van der Waals surface area contributed by atoms with Crippen LogP contribution in [-0.2, 0) is 19.2 Å². The van der Waals surface area contributed by atoms with E-state index in [4.69, 9.17) is 23.2 Å². The molecule has 6 atom stereocenters. The molecule has 10 heteroatoms. The van der Waals surface area contributed by atoms with Gasteiger partial charge in [-0.05, 0) is 37.0 Å². The first-order chi connectivity index (χ1) is 14.5. The van der Waals surface area contributed by atoms with E-state index >= 15 is 0 Å². The van der Waals surface area contributed by atoms with E-state index in [0.29, 0.717) is 22.0 Å². The summed E-state index contributed by atoms with van der Waals surface area (Å²) in [5.41, 5.74) is 0.965. The molecule has 0 unspecified atom stereocenters. The van der Waals surface area contributed by atoms with Crippen molar-refractivity contribution in [3.05, 3.63) is 39.9 Å². The second-order valence-electron chi connectivity index (χ2n) is 8.55. The van der Waals surface area contributed by atoms with Gasteiger partial charge in [0, 0.05) is 23.0 Å². The molecule has 31 heavy (non-hydrogen) atoms. The molecule has 3 fully saturated rings. The zero-order valence-electron chi connectivity index (χ0n) is 16.2. The Balaban J connectivity index is 1.79. The molecule has 4 aliphatic rings. The van der Waals surface area contributed by atoms with Gasteiger partial charge in [0.25, 0.3) is 11.8 Å². The standard InChI is InChI=1S/C21H17BrCl2N2O5/c1-26-18(30)20(23)7-12-9(3-4-10-14(12)17(29)25-16(10)28)15(21(20,24)19(26)31)11-6-8(22)2-5-13(11)27/h2-3,5-6,10,12,14-15,27H,4,7H2,1H3,(H,25,28,29)/t10-,12+,14-,15+,20+,21-/m0/s1. The van der Waals surface area contributed by atoms with Gasteiger partial charge in [-0.3, -0.25) is 29.4 Å². The van der Waals surface area contributed by atoms with E-state index in [1.165, 1.54) is 13.1 Å². The lowest BCUT2D eigenvalue weighted by Crippen LogP contribution is -2.60. The van der Waals surface area contributed by atoms with Gasteiger partial charge in [0.2, 0.25) is 11.8 Å². The third-order valence-electron chi connectivity index (χ3n) is 7.16. The fourth-order valence-corrected chi connectivity index (χ4v) is 7.15. The predicted octanol–water partition coefficient (Wildman–Crippen LogP) is 2.43. The molecule has 2 aliphatic heterocycles. The largest absolute Gasteiger partial charge is 0.508 e. The smallest absolute Gasteiger partial charge is 0.253 e. The fraction of sp³-hybridized carbons (Fsp3) is 0.429. The lowest BCUT2D eigenvalue weighted by atomic mass is 9.56. The average molecular weight is 528 g/mol. The van der Waals surface area contributed by atoms with Crippen molar-refractivity contribution in [1.29, 1.82) is 0 Å². The third kappa shape index (κ3) is 2.47. The Hall–Kier alpha value is -1.90. The van der Waals surface area contributed by atoms with Crippen molar-refractivity contribution in [2.75, 3.05) is 7.05 Å². The van der Waals surface area contributed by atoms with Crippen molar-refractivity contribution in [1.82, 2.24) is 10.2 Å². The van der Waals surface area contributed by atoms with Gasteiger partial charge in [-0.2, -0.15) is 0 Å². The Labute approximate surface area is 195 Å². The van der Waals surface area contributed by atoms with E-state index in [1.807, 2.05) is 6.08 Å². The summed E-state index contributed by atoms with van der Waals surface area (Å²) < 4.78 is 0.635. The second-order valence-corrected chi connectivity index (χ2v) is 10.7. The lowest BCUT2D eigenvalue weighted by Gasteiger charge is -2.50. The maximum absolute atomic E-state index is 13.3. The zero-order chi connectivity index (χ0) is 22.5. The minimum atomic E-state index is -1.90. The van der Waals surface area contributed by atoms with Crippen LogP contribution in [0, 0.1) is 17.8 Å². The number of likely N-dealkylation sites (tertiary alicyclic amines) is 1. The summed E-state index contributed by atoms with van der Waals surface area (Å²) in [4.78, 5) is 48.6. The summed E-state index contributed by atoms with van der Waals surface area (Å²) in [6.07, 6.45) is 2.04. The first kappa shape index (κ1) is 21.0. The van der Waals surface area contributed by atoms with E-state index in [-0.39, 0.29) is 18.1 Å². The van der Waals surface area contributed by atoms with Gasteiger partial charge in [0.05, 0.1) is 11.8 Å². The summed E-state index contributed by atoms with van der Waals surface area (Å²) in [5, 5.41) is 13.1. The summed E-state index contributed by atoms with van der Waals surface area (Å²) in [7, 11) is 1.32. The Morgan fingerprint density at radius 3 is 2.55 bits per heavy atom. The molecule has 0 spiro atoms. The predicted molar refractivity (Wildman–Crippen MR) is 114 cm³/mol. The molecular weight excluding hydrogens is 511 g/mol. The second kappa shape index (κ2) is 6.56. The number of imide groups is 2. The maximum atomic E-state index is 13.3. The molecule has 4 amide bonds. The van der Waals surface area contributed by atoms with Crippen LogP contribution in [0.4, 0.5) is 0 Å². The van der Waals surface area contributed by atoms with Gasteiger partial charge < -0.3 is 5.11 Å². The average Bonchev–Trinajstić information content (AvgIpc) is 3.08. The van der Waals surface area contributed by atoms with Crippen molar-refractivity contribution in [2.45, 2.75) is 28.5 Å². The van der Waals surface area contributed by atoms with Crippen LogP contribution < -0.4 is 5.32 Å². The number of alkyl halides is 2. The van der Waals surface area contributed by atoms with Gasteiger partial charge in [-0.1, -0.05) is 27.6 Å². The number of nitrogens with zero attached hydrogens (tertiary/aromatic N) is 1. The number of benzene rings is 1. The molecule has 2 aliphatic carbocycles. The summed E-state index contributed by atoms with van der Waals surface area (Å²) in [6.45, 7) is 0. The molecule has 2 saturated heterocycles. The van der Waals surface area contributed by atoms with Crippen LogP contribution in [0.15, 0.2) is 34.3 Å². The van der Waals surface area contributed by atoms with Gasteiger partial charge in [-0.15, -0.1) is 23.2 Å². The number of carbonyl (C=O) groups excluding carboxylic acids is 4. The number of hydrogen-bond acceptors (Lipinski definition) is 5. The number of hydrogen-bond donors (Lipinski definition) is 2. The Morgan fingerprint density at radius 2 is 1.84 bits per heavy atom. The van der Waals surface area contributed by atoms with Crippen molar-refractivity contribution in [3.8, 4) is 5.75 Å². The number of phenols is 1. The van der Waals surface area contributed by atoms with E-state index in [9.17, 15) is 24.3 Å². The van der Waals surface area contributed by atoms with Gasteiger partial charge in [0.15, 0.2) is 9.75 Å². The highest BCUT2D eigenvalue weighted by Gasteiger charge is 2.75. The number of amides is 4.